The van der Waals surface area contributed by atoms with Gasteiger partial charge in [0.1, 0.15) is 11.2 Å². The maximum atomic E-state index is 6.83. The van der Waals surface area contributed by atoms with Gasteiger partial charge < -0.3 is 9.32 Å². The SMILES string of the molecule is CC1(C)c2ccccc2-c2ccc(N(c3ccc(-c4cccc5c4C(C)(C)c4ccccc4-5)cc3)c3cccc4c3sc3ccc5c6cc7ccccc7cc6oc5c34)cc21. The fraction of sp³-hybridized carbons (Fsp3) is 0.103. The molecule has 0 fully saturated rings. The quantitative estimate of drug-likeness (QED) is 0.176. The molecule has 0 spiro atoms. The fourth-order valence-electron chi connectivity index (χ4n) is 11.1. The van der Waals surface area contributed by atoms with E-state index in [0.29, 0.717) is 0 Å². The van der Waals surface area contributed by atoms with Crippen LogP contribution in [0.25, 0.3) is 86.3 Å². The van der Waals surface area contributed by atoms with Crippen molar-refractivity contribution in [2.75, 3.05) is 4.90 Å². The molecule has 0 unspecified atom stereocenters. The average Bonchev–Trinajstić information content (AvgIpc) is 3.99. The van der Waals surface area contributed by atoms with Gasteiger partial charge in [-0.2, -0.15) is 0 Å². The Balaban J connectivity index is 1.01. The number of anilines is 3. The number of hydrogen-bond acceptors (Lipinski definition) is 3. The second-order valence-corrected chi connectivity index (χ2v) is 19.1. The van der Waals surface area contributed by atoms with Crippen LogP contribution in [0.1, 0.15) is 49.9 Å². The molecule has 0 radical (unpaired) electrons. The van der Waals surface area contributed by atoms with Crippen molar-refractivity contribution in [3.63, 3.8) is 0 Å². The number of rotatable bonds is 4. The van der Waals surface area contributed by atoms with Crippen molar-refractivity contribution in [2.45, 2.75) is 38.5 Å². The summed E-state index contributed by atoms with van der Waals surface area (Å²) >= 11 is 1.85. The second kappa shape index (κ2) is 12.3. The van der Waals surface area contributed by atoms with Gasteiger partial charge in [-0.3, -0.25) is 0 Å². The Bertz CT molecular complexity index is 3650. The first kappa shape index (κ1) is 34.9. The molecule has 0 bridgehead atoms. The number of hydrogen-bond donors (Lipinski definition) is 0. The highest BCUT2D eigenvalue weighted by molar-refractivity contribution is 7.26. The highest BCUT2D eigenvalue weighted by Gasteiger charge is 2.38. The Labute approximate surface area is 358 Å². The number of fused-ring (bicyclic) bond motifs is 14. The van der Waals surface area contributed by atoms with Gasteiger partial charge in [0.2, 0.25) is 0 Å². The van der Waals surface area contributed by atoms with Crippen LogP contribution < -0.4 is 4.90 Å². The predicted molar refractivity (Wildman–Crippen MR) is 259 cm³/mol. The van der Waals surface area contributed by atoms with E-state index in [-0.39, 0.29) is 10.8 Å². The highest BCUT2D eigenvalue weighted by atomic mass is 32.1. The maximum Gasteiger partial charge on any atom is 0.144 e. The van der Waals surface area contributed by atoms with Gasteiger partial charge in [-0.05, 0) is 121 Å². The molecule has 9 aromatic carbocycles. The van der Waals surface area contributed by atoms with E-state index in [9.17, 15) is 0 Å². The molecule has 0 saturated heterocycles. The third-order valence-corrected chi connectivity index (χ3v) is 15.2. The summed E-state index contributed by atoms with van der Waals surface area (Å²) in [5, 5.41) is 7.13. The first-order chi connectivity index (χ1) is 29.8. The van der Waals surface area contributed by atoms with Crippen LogP contribution in [-0.4, -0.2) is 0 Å². The van der Waals surface area contributed by atoms with Crippen LogP contribution in [0.4, 0.5) is 17.1 Å². The molecule has 61 heavy (non-hydrogen) atoms. The fourth-order valence-corrected chi connectivity index (χ4v) is 12.3. The van der Waals surface area contributed by atoms with E-state index in [1.807, 2.05) is 11.3 Å². The number of thiophene rings is 1. The minimum absolute atomic E-state index is 0.0996. The van der Waals surface area contributed by atoms with Crippen molar-refractivity contribution >= 4 is 81.3 Å². The Morgan fingerprint density at radius 2 is 1.10 bits per heavy atom. The van der Waals surface area contributed by atoms with Crippen LogP contribution in [-0.2, 0) is 10.8 Å². The van der Waals surface area contributed by atoms with Crippen molar-refractivity contribution in [3.8, 4) is 33.4 Å². The van der Waals surface area contributed by atoms with Crippen molar-refractivity contribution in [2.24, 2.45) is 0 Å². The molecule has 13 rings (SSSR count). The molecular formula is C58H41NOS. The summed E-state index contributed by atoms with van der Waals surface area (Å²) in [7, 11) is 0. The summed E-state index contributed by atoms with van der Waals surface area (Å²) in [5.74, 6) is 0. The summed E-state index contributed by atoms with van der Waals surface area (Å²) in [6.45, 7) is 9.48. The molecule has 2 nitrogen and oxygen atoms in total. The standard InChI is InChI=1S/C58H41NOS/c1-57(2)47-20-9-7-15-40(47)42-28-27-38(33-49(42)57)59(37-25-23-34(24-26-37)39-17-11-18-43-41-16-8-10-21-48(41)58(3,4)54(39)43)50-22-12-19-45-53-52(61-56(45)50)30-29-44-46-31-35-13-5-6-14-36(35)32-51(46)60-55(44)53/h5-33H,1-4H3. The smallest absolute Gasteiger partial charge is 0.144 e. The molecule has 3 heteroatoms. The van der Waals surface area contributed by atoms with Crippen LogP contribution in [0.5, 0.6) is 0 Å². The molecule has 11 aromatic rings. The van der Waals surface area contributed by atoms with E-state index in [2.05, 4.69) is 209 Å². The predicted octanol–water partition coefficient (Wildman–Crippen LogP) is 16.9. The van der Waals surface area contributed by atoms with Crippen molar-refractivity contribution in [1.29, 1.82) is 0 Å². The summed E-state index contributed by atoms with van der Waals surface area (Å²) < 4.78 is 9.29. The molecule has 2 aliphatic rings. The van der Waals surface area contributed by atoms with Gasteiger partial charge in [-0.25, -0.2) is 0 Å². The van der Waals surface area contributed by atoms with E-state index in [1.165, 1.54) is 86.6 Å². The lowest BCUT2D eigenvalue weighted by Crippen LogP contribution is -2.16. The van der Waals surface area contributed by atoms with Crippen molar-refractivity contribution in [1.82, 2.24) is 0 Å². The Kier molecular flexibility index (Phi) is 7.04. The monoisotopic (exact) mass is 799 g/mol. The zero-order chi connectivity index (χ0) is 40.8. The summed E-state index contributed by atoms with van der Waals surface area (Å²) in [6.07, 6.45) is 0. The third-order valence-electron chi connectivity index (χ3n) is 14.0. The van der Waals surface area contributed by atoms with Crippen molar-refractivity contribution in [3.05, 3.63) is 198 Å². The van der Waals surface area contributed by atoms with Crippen LogP contribution in [0.3, 0.4) is 0 Å². The molecule has 0 atom stereocenters. The topological polar surface area (TPSA) is 16.4 Å². The molecule has 0 amide bonds. The zero-order valence-corrected chi connectivity index (χ0v) is 35.3. The van der Waals surface area contributed by atoms with Gasteiger partial charge in [0.15, 0.2) is 0 Å². The normalized spacial score (nSPS) is 14.5. The van der Waals surface area contributed by atoms with Gasteiger partial charge in [-0.1, -0.05) is 149 Å². The third kappa shape index (κ3) is 4.78. The average molecular weight is 800 g/mol. The van der Waals surface area contributed by atoms with E-state index in [0.717, 1.165) is 39.0 Å². The van der Waals surface area contributed by atoms with E-state index in [1.54, 1.807) is 0 Å². The Morgan fingerprint density at radius 3 is 1.90 bits per heavy atom. The summed E-state index contributed by atoms with van der Waals surface area (Å²) in [6, 6.07) is 65.4. The largest absolute Gasteiger partial charge is 0.455 e. The number of benzene rings is 9. The highest BCUT2D eigenvalue weighted by Crippen LogP contribution is 2.54. The van der Waals surface area contributed by atoms with Gasteiger partial charge in [0.05, 0.1) is 10.4 Å². The molecule has 2 aliphatic carbocycles. The van der Waals surface area contributed by atoms with Crippen LogP contribution in [0.2, 0.25) is 0 Å². The number of furan rings is 1. The van der Waals surface area contributed by atoms with Crippen molar-refractivity contribution < 1.29 is 4.42 Å². The minimum atomic E-state index is -0.128. The molecule has 0 saturated carbocycles. The molecule has 2 heterocycles. The van der Waals surface area contributed by atoms with E-state index >= 15 is 0 Å². The molecule has 2 aromatic heterocycles. The lowest BCUT2D eigenvalue weighted by atomic mass is 9.79. The van der Waals surface area contributed by atoms with Gasteiger partial charge in [0.25, 0.3) is 0 Å². The zero-order valence-electron chi connectivity index (χ0n) is 34.5. The Morgan fingerprint density at radius 1 is 0.459 bits per heavy atom. The lowest BCUT2D eigenvalue weighted by Gasteiger charge is -2.29. The molecular weight excluding hydrogens is 759 g/mol. The van der Waals surface area contributed by atoms with Gasteiger partial charge in [0, 0.05) is 48.4 Å². The van der Waals surface area contributed by atoms with E-state index in [4.69, 9.17) is 4.42 Å². The van der Waals surface area contributed by atoms with E-state index < -0.39 is 0 Å². The first-order valence-electron chi connectivity index (χ1n) is 21.3. The first-order valence-corrected chi connectivity index (χ1v) is 22.1. The van der Waals surface area contributed by atoms with Gasteiger partial charge in [-0.15, -0.1) is 11.3 Å². The summed E-state index contributed by atoms with van der Waals surface area (Å²) in [5.41, 5.74) is 18.5. The van der Waals surface area contributed by atoms with Crippen LogP contribution in [0.15, 0.2) is 180 Å². The van der Waals surface area contributed by atoms with Crippen LogP contribution in [0, 0.1) is 0 Å². The van der Waals surface area contributed by atoms with Gasteiger partial charge >= 0.3 is 0 Å². The number of nitrogens with zero attached hydrogens (tertiary/aromatic N) is 1. The lowest BCUT2D eigenvalue weighted by molar-refractivity contribution is 0.660. The minimum Gasteiger partial charge on any atom is -0.455 e. The molecule has 0 aliphatic heterocycles. The molecule has 0 N–H and O–H groups in total. The Hall–Kier alpha value is -6.94. The maximum absolute atomic E-state index is 6.83. The van der Waals surface area contributed by atoms with Crippen LogP contribution >= 0.6 is 11.3 Å². The molecule has 290 valence electrons. The summed E-state index contributed by atoms with van der Waals surface area (Å²) in [4.78, 5) is 2.48. The second-order valence-electron chi connectivity index (χ2n) is 18.1.